The Morgan fingerprint density at radius 1 is 1.19 bits per heavy atom. The molecule has 3 N–H and O–H groups in total. The second kappa shape index (κ2) is 7.35. The van der Waals surface area contributed by atoms with Gasteiger partial charge in [0.1, 0.15) is 5.69 Å². The molecule has 0 unspecified atom stereocenters. The number of imidazole rings is 1. The highest BCUT2D eigenvalue weighted by Gasteiger charge is 2.16. The van der Waals surface area contributed by atoms with Gasteiger partial charge in [0.25, 0.3) is 0 Å². The third-order valence-corrected chi connectivity index (χ3v) is 4.93. The van der Waals surface area contributed by atoms with Crippen LogP contribution in [0.4, 0.5) is 11.4 Å². The number of nitrogens with one attached hydrogen (secondary N) is 3. The van der Waals surface area contributed by atoms with Crippen molar-refractivity contribution in [3.8, 4) is 22.6 Å². The van der Waals surface area contributed by atoms with Gasteiger partial charge in [-0.2, -0.15) is 5.10 Å². The van der Waals surface area contributed by atoms with Crippen molar-refractivity contribution in [2.45, 2.75) is 13.3 Å². The molecule has 31 heavy (non-hydrogen) atoms. The van der Waals surface area contributed by atoms with E-state index in [9.17, 15) is 4.79 Å². The lowest BCUT2D eigenvalue weighted by atomic mass is 10.1. The van der Waals surface area contributed by atoms with Crippen LogP contribution >= 0.6 is 0 Å². The van der Waals surface area contributed by atoms with E-state index in [0.29, 0.717) is 40.5 Å². The van der Waals surface area contributed by atoms with Crippen LogP contribution in [0, 0.1) is 6.57 Å². The fraction of sp³-hybridized carbons (Fsp3) is 0.0909. The SMILES string of the molecule is [C-]#[N+]c1cccc2[nH]c(-c3n[nH]c4ncc(-c5cncc(NC(=O)CC)c5)cc34)nc12. The molecule has 0 fully saturated rings. The molecular formula is C22H16N8O. The maximum atomic E-state index is 11.7. The standard InChI is InChI=1S/C22H16N8O/c1-3-18(31)26-14-7-12(9-24-11-14)13-8-15-19(29-30-21(15)25-10-13)22-27-17-6-4-5-16(23-2)20(17)28-22/h4-11H,3H2,1H3,(H,26,31)(H,27,28)(H,25,29,30). The summed E-state index contributed by atoms with van der Waals surface area (Å²) >= 11 is 0. The summed E-state index contributed by atoms with van der Waals surface area (Å²) in [7, 11) is 0. The predicted octanol–water partition coefficient (Wildman–Crippen LogP) is 4.46. The molecule has 0 radical (unpaired) electrons. The number of fused-ring (bicyclic) bond motifs is 2. The van der Waals surface area contributed by atoms with Crippen LogP contribution in [0.15, 0.2) is 48.9 Å². The summed E-state index contributed by atoms with van der Waals surface area (Å²) in [6.07, 6.45) is 5.44. The lowest BCUT2D eigenvalue weighted by molar-refractivity contribution is -0.115. The molecule has 0 bridgehead atoms. The minimum atomic E-state index is -0.0756. The van der Waals surface area contributed by atoms with Crippen molar-refractivity contribution in [3.63, 3.8) is 0 Å². The first-order chi connectivity index (χ1) is 15.2. The molecule has 4 heterocycles. The minimum Gasteiger partial charge on any atom is -0.338 e. The number of rotatable bonds is 4. The quantitative estimate of drug-likeness (QED) is 0.380. The molecule has 0 saturated carbocycles. The number of aromatic nitrogens is 6. The van der Waals surface area contributed by atoms with Crippen molar-refractivity contribution in [2.24, 2.45) is 0 Å². The van der Waals surface area contributed by atoms with Gasteiger partial charge in [0, 0.05) is 29.9 Å². The summed E-state index contributed by atoms with van der Waals surface area (Å²) in [6, 6.07) is 9.23. The van der Waals surface area contributed by atoms with Gasteiger partial charge < -0.3 is 10.3 Å². The van der Waals surface area contributed by atoms with Crippen molar-refractivity contribution in [2.75, 3.05) is 5.32 Å². The number of nitrogens with zero attached hydrogens (tertiary/aromatic N) is 5. The third-order valence-electron chi connectivity index (χ3n) is 4.93. The number of carbonyl (C=O) groups excluding carboxylic acids is 1. The number of H-pyrrole nitrogens is 2. The Morgan fingerprint density at radius 2 is 2.06 bits per heavy atom. The molecule has 9 nitrogen and oxygen atoms in total. The second-order valence-electron chi connectivity index (χ2n) is 6.93. The molecule has 5 aromatic rings. The van der Waals surface area contributed by atoms with Crippen molar-refractivity contribution in [3.05, 3.63) is 60.3 Å². The molecule has 0 atom stereocenters. The van der Waals surface area contributed by atoms with E-state index >= 15 is 0 Å². The number of hydrogen-bond acceptors (Lipinski definition) is 5. The van der Waals surface area contributed by atoms with E-state index in [2.05, 4.69) is 40.3 Å². The zero-order valence-corrected chi connectivity index (χ0v) is 16.5. The average Bonchev–Trinajstić information content (AvgIpc) is 3.42. The second-order valence-corrected chi connectivity index (χ2v) is 6.93. The van der Waals surface area contributed by atoms with Gasteiger partial charge in [-0.1, -0.05) is 19.1 Å². The topological polar surface area (TPSA) is 117 Å². The maximum Gasteiger partial charge on any atom is 0.224 e. The molecule has 0 aliphatic carbocycles. The number of anilines is 1. The van der Waals surface area contributed by atoms with Gasteiger partial charge in [0.15, 0.2) is 11.5 Å². The lowest BCUT2D eigenvalue weighted by Crippen LogP contribution is -2.09. The molecule has 9 heteroatoms. The van der Waals surface area contributed by atoms with Crippen molar-refractivity contribution >= 4 is 39.3 Å². The number of benzene rings is 1. The average molecular weight is 408 g/mol. The molecule has 4 aromatic heterocycles. The summed E-state index contributed by atoms with van der Waals surface area (Å²) in [4.78, 5) is 31.8. The smallest absolute Gasteiger partial charge is 0.224 e. The number of carbonyl (C=O) groups is 1. The van der Waals surface area contributed by atoms with Crippen molar-refractivity contribution in [1.29, 1.82) is 0 Å². The number of pyridine rings is 2. The zero-order chi connectivity index (χ0) is 21.4. The number of hydrogen-bond donors (Lipinski definition) is 3. The van der Waals surface area contributed by atoms with Gasteiger partial charge in [-0.05, 0) is 18.2 Å². The normalized spacial score (nSPS) is 11.0. The number of amides is 1. The van der Waals surface area contributed by atoms with Crippen LogP contribution in [0.1, 0.15) is 13.3 Å². The first kappa shape index (κ1) is 18.4. The molecule has 0 spiro atoms. The highest BCUT2D eigenvalue weighted by Crippen LogP contribution is 2.31. The fourth-order valence-electron chi connectivity index (χ4n) is 3.38. The first-order valence-corrected chi connectivity index (χ1v) is 9.62. The summed E-state index contributed by atoms with van der Waals surface area (Å²) in [5.41, 5.74) is 5.36. The van der Waals surface area contributed by atoms with Gasteiger partial charge in [-0.3, -0.25) is 14.9 Å². The van der Waals surface area contributed by atoms with Gasteiger partial charge >= 0.3 is 0 Å². The highest BCUT2D eigenvalue weighted by atomic mass is 16.1. The maximum absolute atomic E-state index is 11.7. The van der Waals surface area contributed by atoms with E-state index in [0.717, 1.165) is 22.0 Å². The molecule has 1 aromatic carbocycles. The van der Waals surface area contributed by atoms with Crippen molar-refractivity contribution < 1.29 is 4.79 Å². The third kappa shape index (κ3) is 3.26. The van der Waals surface area contributed by atoms with Crippen LogP contribution in [0.5, 0.6) is 0 Å². The van der Waals surface area contributed by atoms with Crippen LogP contribution in [0.3, 0.4) is 0 Å². The van der Waals surface area contributed by atoms with Gasteiger partial charge in [-0.25, -0.2) is 14.8 Å². The summed E-state index contributed by atoms with van der Waals surface area (Å²) in [5.74, 6) is 0.478. The molecule has 0 aliphatic rings. The highest BCUT2D eigenvalue weighted by molar-refractivity contribution is 5.96. The van der Waals surface area contributed by atoms with E-state index in [1.54, 1.807) is 31.6 Å². The van der Waals surface area contributed by atoms with E-state index < -0.39 is 0 Å². The fourth-order valence-corrected chi connectivity index (χ4v) is 3.38. The van der Waals surface area contributed by atoms with Gasteiger partial charge in [0.05, 0.1) is 34.9 Å². The molecule has 1 amide bonds. The Hall–Kier alpha value is -4.58. The summed E-state index contributed by atoms with van der Waals surface area (Å²) in [6.45, 7) is 9.14. The Bertz CT molecular complexity index is 1490. The zero-order valence-electron chi connectivity index (χ0n) is 16.5. The Balaban J connectivity index is 1.59. The van der Waals surface area contributed by atoms with Crippen LogP contribution in [-0.4, -0.2) is 36.0 Å². The Labute approximate surface area is 176 Å². The molecule has 0 aliphatic heterocycles. The first-order valence-electron chi connectivity index (χ1n) is 9.62. The van der Waals surface area contributed by atoms with Crippen molar-refractivity contribution in [1.82, 2.24) is 30.1 Å². The van der Waals surface area contributed by atoms with Crippen LogP contribution in [0.2, 0.25) is 0 Å². The van der Waals surface area contributed by atoms with E-state index in [-0.39, 0.29) is 5.91 Å². The van der Waals surface area contributed by atoms with E-state index in [1.165, 1.54) is 0 Å². The lowest BCUT2D eigenvalue weighted by Gasteiger charge is -2.06. The Morgan fingerprint density at radius 3 is 2.90 bits per heavy atom. The number of aromatic amines is 2. The van der Waals surface area contributed by atoms with Crippen LogP contribution in [-0.2, 0) is 4.79 Å². The minimum absolute atomic E-state index is 0.0756. The Kier molecular flexibility index (Phi) is 4.37. The molecule has 0 saturated heterocycles. The largest absolute Gasteiger partial charge is 0.338 e. The molecular weight excluding hydrogens is 392 g/mol. The molecule has 5 rings (SSSR count). The molecule has 150 valence electrons. The van der Waals surface area contributed by atoms with Crippen LogP contribution in [0.25, 0.3) is 49.6 Å². The number of para-hydroxylation sites is 1. The summed E-state index contributed by atoms with van der Waals surface area (Å²) < 4.78 is 0. The van der Waals surface area contributed by atoms with E-state index in [4.69, 9.17) is 6.57 Å². The van der Waals surface area contributed by atoms with Crippen LogP contribution < -0.4 is 5.32 Å². The van der Waals surface area contributed by atoms with E-state index in [1.807, 2.05) is 24.3 Å². The predicted molar refractivity (Wildman–Crippen MR) is 117 cm³/mol. The monoisotopic (exact) mass is 408 g/mol. The van der Waals surface area contributed by atoms with Gasteiger partial charge in [0.2, 0.25) is 11.6 Å². The summed E-state index contributed by atoms with van der Waals surface area (Å²) in [5, 5.41) is 10.9. The van der Waals surface area contributed by atoms with Gasteiger partial charge in [-0.15, -0.1) is 0 Å².